The quantitative estimate of drug-likeness (QED) is 0.611. The molecule has 0 aliphatic carbocycles. The number of hydrogen-bond acceptors (Lipinski definition) is 3. The fourth-order valence-corrected chi connectivity index (χ4v) is 1.52. The molecule has 0 aliphatic heterocycles. The van der Waals surface area contributed by atoms with Crippen LogP contribution in [0.15, 0.2) is 30.3 Å². The molecule has 1 aromatic rings. The molecule has 0 saturated heterocycles. The first-order valence-electron chi connectivity index (χ1n) is 5.91. The lowest BCUT2D eigenvalue weighted by atomic mass is 10.1. The van der Waals surface area contributed by atoms with E-state index in [0.717, 1.165) is 5.56 Å². The summed E-state index contributed by atoms with van der Waals surface area (Å²) in [6, 6.07) is 9.05. The molecule has 0 aliphatic rings. The Hall–Kier alpha value is -1.88. The summed E-state index contributed by atoms with van der Waals surface area (Å²) >= 11 is 0. The number of carbonyl (C=O) groups excluding carboxylic acids is 2. The van der Waals surface area contributed by atoms with E-state index in [9.17, 15) is 9.59 Å². The van der Waals surface area contributed by atoms with E-state index in [1.54, 1.807) is 0 Å². The first kappa shape index (κ1) is 14.2. The summed E-state index contributed by atoms with van der Waals surface area (Å²) in [4.78, 5) is 22.3. The number of nitrogens with two attached hydrogens (primary N) is 1. The monoisotopic (exact) mass is 249 g/mol. The molecule has 98 valence electrons. The molecule has 2 amide bonds. The maximum absolute atomic E-state index is 11.6. The molecule has 0 unspecified atom stereocenters. The number of benzene rings is 1. The van der Waals surface area contributed by atoms with Crippen molar-refractivity contribution >= 4 is 11.8 Å². The fraction of sp³-hybridized carbons (Fsp3) is 0.385. The molecule has 1 rings (SSSR count). The molecule has 1 aromatic carbocycles. The van der Waals surface area contributed by atoms with Crippen molar-refractivity contribution in [1.29, 1.82) is 0 Å². The second-order valence-corrected chi connectivity index (χ2v) is 4.07. The van der Waals surface area contributed by atoms with Crippen molar-refractivity contribution in [3.63, 3.8) is 0 Å². The molecule has 0 aromatic heterocycles. The van der Waals surface area contributed by atoms with E-state index in [0.29, 0.717) is 19.5 Å². The van der Waals surface area contributed by atoms with Gasteiger partial charge in [0.05, 0.1) is 6.04 Å². The van der Waals surface area contributed by atoms with Crippen LogP contribution in [0.2, 0.25) is 0 Å². The van der Waals surface area contributed by atoms with Crippen LogP contribution in [-0.4, -0.2) is 30.9 Å². The van der Waals surface area contributed by atoms with Gasteiger partial charge in [0.1, 0.15) is 0 Å². The number of hydrogen-bond donors (Lipinski definition) is 3. The van der Waals surface area contributed by atoms with Gasteiger partial charge in [-0.15, -0.1) is 0 Å². The SMILES string of the molecule is CC(=O)NCCNC(=O)[C@@H](N)Cc1ccccc1. The summed E-state index contributed by atoms with van der Waals surface area (Å²) in [6.45, 7) is 2.24. The minimum atomic E-state index is -0.565. The van der Waals surface area contributed by atoms with Crippen LogP contribution in [0.25, 0.3) is 0 Å². The van der Waals surface area contributed by atoms with Gasteiger partial charge in [-0.2, -0.15) is 0 Å². The fourth-order valence-electron chi connectivity index (χ4n) is 1.52. The number of nitrogens with one attached hydrogen (secondary N) is 2. The zero-order valence-corrected chi connectivity index (χ0v) is 10.5. The van der Waals surface area contributed by atoms with E-state index in [4.69, 9.17) is 5.73 Å². The smallest absolute Gasteiger partial charge is 0.237 e. The zero-order valence-electron chi connectivity index (χ0n) is 10.5. The molecule has 0 saturated carbocycles. The van der Waals surface area contributed by atoms with Gasteiger partial charge in [-0.05, 0) is 12.0 Å². The van der Waals surface area contributed by atoms with Gasteiger partial charge >= 0.3 is 0 Å². The predicted molar refractivity (Wildman–Crippen MR) is 69.8 cm³/mol. The minimum absolute atomic E-state index is 0.113. The van der Waals surface area contributed by atoms with Gasteiger partial charge in [0.15, 0.2) is 0 Å². The van der Waals surface area contributed by atoms with Crippen LogP contribution in [-0.2, 0) is 16.0 Å². The van der Waals surface area contributed by atoms with Gasteiger partial charge < -0.3 is 16.4 Å². The second kappa shape index (κ2) is 7.45. The first-order valence-corrected chi connectivity index (χ1v) is 5.91. The van der Waals surface area contributed by atoms with Gasteiger partial charge in [-0.25, -0.2) is 0 Å². The van der Waals surface area contributed by atoms with Gasteiger partial charge in [0.2, 0.25) is 11.8 Å². The highest BCUT2D eigenvalue weighted by atomic mass is 16.2. The Labute approximate surface area is 107 Å². The standard InChI is InChI=1S/C13H19N3O2/c1-10(17)15-7-8-16-13(18)12(14)9-11-5-3-2-4-6-11/h2-6,12H,7-9,14H2,1H3,(H,15,17)(H,16,18)/t12-/m0/s1. The van der Waals surface area contributed by atoms with Crippen molar-refractivity contribution in [2.75, 3.05) is 13.1 Å². The Morgan fingerprint density at radius 1 is 1.17 bits per heavy atom. The average Bonchev–Trinajstić information content (AvgIpc) is 2.35. The number of rotatable bonds is 6. The van der Waals surface area contributed by atoms with Crippen molar-refractivity contribution in [2.24, 2.45) is 5.73 Å². The van der Waals surface area contributed by atoms with Crippen molar-refractivity contribution in [1.82, 2.24) is 10.6 Å². The maximum atomic E-state index is 11.6. The zero-order chi connectivity index (χ0) is 13.4. The summed E-state index contributed by atoms with van der Waals surface area (Å²) in [6.07, 6.45) is 0.507. The third kappa shape index (κ3) is 5.45. The van der Waals surface area contributed by atoms with E-state index in [2.05, 4.69) is 10.6 Å². The molecule has 0 spiro atoms. The Bertz CT molecular complexity index is 392. The topological polar surface area (TPSA) is 84.2 Å². The lowest BCUT2D eigenvalue weighted by Gasteiger charge is -2.12. The van der Waals surface area contributed by atoms with Crippen molar-refractivity contribution in [3.05, 3.63) is 35.9 Å². The molecular weight excluding hydrogens is 230 g/mol. The minimum Gasteiger partial charge on any atom is -0.355 e. The summed E-state index contributed by atoms with van der Waals surface area (Å²) in [7, 11) is 0. The van der Waals surface area contributed by atoms with Crippen molar-refractivity contribution in [3.8, 4) is 0 Å². The Balaban J connectivity index is 2.27. The highest BCUT2D eigenvalue weighted by molar-refractivity contribution is 5.81. The number of amides is 2. The summed E-state index contributed by atoms with van der Waals surface area (Å²) in [5.74, 6) is -0.318. The molecule has 5 heteroatoms. The maximum Gasteiger partial charge on any atom is 0.237 e. The van der Waals surface area contributed by atoms with Crippen LogP contribution < -0.4 is 16.4 Å². The van der Waals surface area contributed by atoms with Gasteiger partial charge in [0, 0.05) is 20.0 Å². The molecule has 0 fully saturated rings. The van der Waals surface area contributed by atoms with E-state index in [1.807, 2.05) is 30.3 Å². The van der Waals surface area contributed by atoms with Gasteiger partial charge in [-0.1, -0.05) is 30.3 Å². The van der Waals surface area contributed by atoms with E-state index < -0.39 is 6.04 Å². The van der Waals surface area contributed by atoms with Gasteiger partial charge in [-0.3, -0.25) is 9.59 Å². The highest BCUT2D eigenvalue weighted by Gasteiger charge is 2.12. The summed E-state index contributed by atoms with van der Waals surface area (Å²) in [5, 5.41) is 5.27. The molecule has 0 bridgehead atoms. The van der Waals surface area contributed by atoms with Crippen molar-refractivity contribution in [2.45, 2.75) is 19.4 Å². The second-order valence-electron chi connectivity index (χ2n) is 4.07. The average molecular weight is 249 g/mol. The molecule has 1 atom stereocenters. The molecule has 5 nitrogen and oxygen atoms in total. The largest absolute Gasteiger partial charge is 0.355 e. The lowest BCUT2D eigenvalue weighted by Crippen LogP contribution is -2.44. The Kier molecular flexibility index (Phi) is 5.87. The van der Waals surface area contributed by atoms with Crippen LogP contribution in [0, 0.1) is 0 Å². The van der Waals surface area contributed by atoms with E-state index in [-0.39, 0.29) is 11.8 Å². The first-order chi connectivity index (χ1) is 8.59. The van der Waals surface area contributed by atoms with Gasteiger partial charge in [0.25, 0.3) is 0 Å². The van der Waals surface area contributed by atoms with Crippen LogP contribution in [0.1, 0.15) is 12.5 Å². The summed E-state index contributed by atoms with van der Waals surface area (Å²) in [5.41, 5.74) is 6.82. The molecular formula is C13H19N3O2. The third-order valence-corrected chi connectivity index (χ3v) is 2.43. The van der Waals surface area contributed by atoms with Crippen molar-refractivity contribution < 1.29 is 9.59 Å². The molecule has 4 N–H and O–H groups in total. The number of carbonyl (C=O) groups is 2. The van der Waals surface area contributed by atoms with E-state index >= 15 is 0 Å². The normalized spacial score (nSPS) is 11.7. The molecule has 0 radical (unpaired) electrons. The third-order valence-electron chi connectivity index (χ3n) is 2.43. The van der Waals surface area contributed by atoms with Crippen LogP contribution in [0.5, 0.6) is 0 Å². The van der Waals surface area contributed by atoms with Crippen LogP contribution >= 0.6 is 0 Å². The van der Waals surface area contributed by atoms with Crippen LogP contribution in [0.3, 0.4) is 0 Å². The Morgan fingerprint density at radius 3 is 2.39 bits per heavy atom. The predicted octanol–water partition coefficient (Wildman–Crippen LogP) is -0.191. The molecule has 0 heterocycles. The highest BCUT2D eigenvalue weighted by Crippen LogP contribution is 2.01. The molecule has 18 heavy (non-hydrogen) atoms. The summed E-state index contributed by atoms with van der Waals surface area (Å²) < 4.78 is 0. The lowest BCUT2D eigenvalue weighted by molar-refractivity contribution is -0.123. The Morgan fingerprint density at radius 2 is 1.78 bits per heavy atom. The van der Waals surface area contributed by atoms with E-state index in [1.165, 1.54) is 6.92 Å². The van der Waals surface area contributed by atoms with Crippen LogP contribution in [0.4, 0.5) is 0 Å².